The summed E-state index contributed by atoms with van der Waals surface area (Å²) in [5.41, 5.74) is 5.89. The lowest BCUT2D eigenvalue weighted by atomic mass is 9.70. The molecule has 0 unspecified atom stereocenters. The number of thiazole rings is 1. The van der Waals surface area contributed by atoms with E-state index in [2.05, 4.69) is 20.8 Å². The first-order valence-electron chi connectivity index (χ1n) is 15.9. The number of amides is 3. The van der Waals surface area contributed by atoms with Crippen LogP contribution in [0.15, 0.2) is 45.3 Å². The Labute approximate surface area is 293 Å². The Morgan fingerprint density at radius 2 is 1.94 bits per heavy atom. The molecule has 1 aromatic heterocycles. The van der Waals surface area contributed by atoms with Crippen LogP contribution in [0, 0.1) is 5.41 Å². The number of hydrogen-bond donors (Lipinski definition) is 5. The van der Waals surface area contributed by atoms with E-state index in [1.807, 2.05) is 0 Å². The molecule has 6 aliphatic rings. The number of quaternary nitrogens is 1. The summed E-state index contributed by atoms with van der Waals surface area (Å²) in [7, 11) is 0. The van der Waals surface area contributed by atoms with Gasteiger partial charge >= 0.3 is 5.97 Å². The maximum atomic E-state index is 13.4. The molecule has 266 valence electrons. The minimum Gasteiger partial charge on any atom is -0.543 e. The zero-order valence-electron chi connectivity index (χ0n) is 26.9. The van der Waals surface area contributed by atoms with E-state index in [4.69, 9.17) is 15.7 Å². The van der Waals surface area contributed by atoms with Crippen molar-refractivity contribution in [1.29, 1.82) is 0 Å². The lowest BCUT2D eigenvalue weighted by Gasteiger charge is -2.56. The van der Waals surface area contributed by atoms with Crippen LogP contribution in [-0.4, -0.2) is 122 Å². The summed E-state index contributed by atoms with van der Waals surface area (Å²) in [6.07, 6.45) is 3.68. The van der Waals surface area contributed by atoms with Gasteiger partial charge in [-0.1, -0.05) is 5.16 Å². The number of piperidine rings is 3. The van der Waals surface area contributed by atoms with Gasteiger partial charge in [-0.2, -0.15) is 0 Å². The highest BCUT2D eigenvalue weighted by Crippen LogP contribution is 2.46. The Bertz CT molecular complexity index is 1780. The number of hydrogen-bond acceptors (Lipinski definition) is 14. The molecule has 1 aliphatic carbocycles. The van der Waals surface area contributed by atoms with Crippen LogP contribution < -0.4 is 21.5 Å². The quantitative estimate of drug-likeness (QED) is 0.0733. The Balaban J connectivity index is 1.09. The number of nitrogen functional groups attached to an aromatic ring is 1. The maximum Gasteiger partial charge on any atom is 0.347 e. The SMILES string of the molecule is C[C@H](O/N=C(\C(=O)N[C@@H]1C(=O)N2C(C(=O)[O-])=C(C[N+]34CCC(CNC(=O)C5=CC(=O)C(O)=CC5)(CC3)CC4)CS[C@H]12)c1csc(N)n1)C(=O)O. The van der Waals surface area contributed by atoms with Gasteiger partial charge in [-0.15, -0.1) is 23.1 Å². The monoisotopic (exact) mass is 729 g/mol. The molecular weight excluding hydrogens is 695 g/mol. The summed E-state index contributed by atoms with van der Waals surface area (Å²) in [6.45, 7) is 4.34. The molecule has 3 amide bonds. The highest BCUT2D eigenvalue weighted by Gasteiger charge is 2.55. The van der Waals surface area contributed by atoms with Crippen molar-refractivity contribution in [2.75, 3.05) is 44.2 Å². The number of thioether (sulfide) groups is 1. The Hall–Kier alpha value is -4.75. The first kappa shape index (κ1) is 35.1. The van der Waals surface area contributed by atoms with Crippen LogP contribution in [0.5, 0.6) is 0 Å². The second kappa shape index (κ2) is 13.5. The fourth-order valence-electron chi connectivity index (χ4n) is 6.96. The number of aliphatic hydroxyl groups is 1. The summed E-state index contributed by atoms with van der Waals surface area (Å²) < 4.78 is 0.643. The average Bonchev–Trinajstić information content (AvgIpc) is 3.53. The van der Waals surface area contributed by atoms with E-state index in [0.29, 0.717) is 34.5 Å². The Morgan fingerprint density at radius 3 is 2.54 bits per heavy atom. The van der Waals surface area contributed by atoms with Gasteiger partial charge < -0.3 is 45.8 Å². The molecule has 19 heteroatoms. The number of carbonyl (C=O) groups excluding carboxylic acids is 5. The van der Waals surface area contributed by atoms with Gasteiger partial charge in [0.05, 0.1) is 31.3 Å². The minimum absolute atomic E-state index is 0.0141. The predicted octanol–water partition coefficient (Wildman–Crippen LogP) is -1.22. The van der Waals surface area contributed by atoms with E-state index in [-0.39, 0.29) is 40.0 Å². The molecule has 0 radical (unpaired) electrons. The zero-order chi connectivity index (χ0) is 36.0. The Morgan fingerprint density at radius 1 is 1.24 bits per heavy atom. The molecule has 2 bridgehead atoms. The standard InChI is InChI=1S/C31H35N7O10S2/c1-15(28(44)45)48-36-21(18-13-50-30(32)34-18)25(42)35-22-26(43)37-23(29(46)47)17(12-49-27(22)37)11-38-7-4-31(5-8-38,6-9-38)14-33-24(41)16-2-3-19(39)20(40)10-16/h3,10,13,15,22,27H,2,4-9,11-12,14H2,1H3,(H6-,32,33,34,35,39,41,42,44,45,46,47)/b36-21-/t15-,22+,27+,31?,38?/m0/s1. The summed E-state index contributed by atoms with van der Waals surface area (Å²) in [4.78, 5) is 85.0. The number of oxime groups is 1. The topological polar surface area (TPSA) is 254 Å². The first-order valence-corrected chi connectivity index (χ1v) is 17.8. The number of ketones is 1. The number of carboxylic acids is 2. The second-order valence-electron chi connectivity index (χ2n) is 13.1. The number of fused-ring (bicyclic) bond motifs is 4. The highest BCUT2D eigenvalue weighted by atomic mass is 32.2. The third-order valence-corrected chi connectivity index (χ3v) is 12.0. The van der Waals surface area contributed by atoms with E-state index in [0.717, 1.165) is 61.2 Å². The molecule has 4 saturated heterocycles. The van der Waals surface area contributed by atoms with Crippen LogP contribution >= 0.6 is 23.1 Å². The minimum atomic E-state index is -1.48. The van der Waals surface area contributed by atoms with Crippen LogP contribution in [-0.2, 0) is 33.6 Å². The summed E-state index contributed by atoms with van der Waals surface area (Å²) in [5.74, 6) is -5.31. The van der Waals surface area contributed by atoms with Gasteiger partial charge in [0.2, 0.25) is 17.8 Å². The van der Waals surface area contributed by atoms with Gasteiger partial charge in [0.25, 0.3) is 11.8 Å². The molecule has 50 heavy (non-hydrogen) atoms. The van der Waals surface area contributed by atoms with Crippen LogP contribution in [0.1, 0.15) is 38.3 Å². The lowest BCUT2D eigenvalue weighted by Crippen LogP contribution is -2.72. The fraction of sp³-hybridized carbons (Fsp3) is 0.484. The average molecular weight is 730 g/mol. The second-order valence-corrected chi connectivity index (χ2v) is 15.1. The molecule has 7 rings (SSSR count). The van der Waals surface area contributed by atoms with Crippen molar-refractivity contribution in [3.8, 4) is 0 Å². The van der Waals surface area contributed by atoms with Gasteiger partial charge in [-0.25, -0.2) is 9.78 Å². The molecule has 5 aliphatic heterocycles. The maximum absolute atomic E-state index is 13.4. The lowest BCUT2D eigenvalue weighted by molar-refractivity contribution is -0.941. The van der Waals surface area contributed by atoms with Crippen molar-refractivity contribution in [2.45, 2.75) is 50.1 Å². The number of carbonyl (C=O) groups is 6. The number of carboxylic acid groups (broad SMARTS) is 2. The summed E-state index contributed by atoms with van der Waals surface area (Å²) in [6, 6.07) is -1.10. The van der Waals surface area contributed by atoms with E-state index >= 15 is 0 Å². The zero-order valence-corrected chi connectivity index (χ0v) is 28.5. The van der Waals surface area contributed by atoms with Crippen LogP contribution in [0.25, 0.3) is 0 Å². The summed E-state index contributed by atoms with van der Waals surface area (Å²) >= 11 is 2.33. The van der Waals surface area contributed by atoms with Crippen LogP contribution in [0.2, 0.25) is 0 Å². The predicted molar refractivity (Wildman–Crippen MR) is 176 cm³/mol. The van der Waals surface area contributed by atoms with Gasteiger partial charge in [0, 0.05) is 53.5 Å². The number of nitrogens with zero attached hydrogens (tertiary/aromatic N) is 4. The number of nitrogens with two attached hydrogens (primary N) is 1. The molecule has 3 atom stereocenters. The largest absolute Gasteiger partial charge is 0.543 e. The number of aromatic nitrogens is 1. The number of aliphatic hydroxyl groups excluding tert-OH is 1. The van der Waals surface area contributed by atoms with E-state index in [1.165, 1.54) is 30.1 Å². The number of rotatable bonds is 12. The molecule has 0 aromatic carbocycles. The summed E-state index contributed by atoms with van der Waals surface area (Å²) in [5, 5.41) is 41.2. The van der Waals surface area contributed by atoms with Gasteiger partial charge in [0.1, 0.15) is 23.7 Å². The number of nitrogens with one attached hydrogen (secondary N) is 2. The van der Waals surface area contributed by atoms with Crippen molar-refractivity contribution in [3.05, 3.63) is 45.8 Å². The van der Waals surface area contributed by atoms with Crippen molar-refractivity contribution < 1.29 is 53.4 Å². The highest BCUT2D eigenvalue weighted by molar-refractivity contribution is 8.00. The normalized spacial score (nSPS) is 28.2. The van der Waals surface area contributed by atoms with Gasteiger partial charge in [-0.3, -0.25) is 24.1 Å². The number of allylic oxidation sites excluding steroid dienone is 2. The van der Waals surface area contributed by atoms with Crippen molar-refractivity contribution in [2.24, 2.45) is 10.6 Å². The van der Waals surface area contributed by atoms with Crippen LogP contribution in [0.4, 0.5) is 5.13 Å². The van der Waals surface area contributed by atoms with E-state index in [9.17, 15) is 39.0 Å². The fourth-order valence-corrected chi connectivity index (χ4v) is 8.84. The smallest absolute Gasteiger partial charge is 0.347 e. The molecule has 0 spiro atoms. The molecule has 4 fully saturated rings. The number of aliphatic carboxylic acids is 2. The molecule has 6 heterocycles. The van der Waals surface area contributed by atoms with Gasteiger partial charge in [0.15, 0.2) is 16.6 Å². The van der Waals surface area contributed by atoms with Crippen molar-refractivity contribution in [3.63, 3.8) is 0 Å². The molecule has 6 N–H and O–H groups in total. The number of β-lactam (4-membered cyclic amide) rings is 1. The third kappa shape index (κ3) is 6.71. The van der Waals surface area contributed by atoms with E-state index < -0.39 is 52.8 Å². The number of anilines is 1. The van der Waals surface area contributed by atoms with Crippen molar-refractivity contribution >= 4 is 69.4 Å². The third-order valence-electron chi connectivity index (χ3n) is 10.0. The molecule has 1 aromatic rings. The van der Waals surface area contributed by atoms with E-state index in [1.54, 1.807) is 0 Å². The van der Waals surface area contributed by atoms with Gasteiger partial charge in [-0.05, 0) is 25.5 Å². The molecule has 17 nitrogen and oxygen atoms in total. The molecular formula is C31H35N7O10S2. The molecule has 0 saturated carbocycles. The van der Waals surface area contributed by atoms with Crippen LogP contribution in [0.3, 0.4) is 0 Å². The van der Waals surface area contributed by atoms with Crippen molar-refractivity contribution in [1.82, 2.24) is 20.5 Å². The first-order chi connectivity index (χ1) is 23.7. The Kier molecular flexibility index (Phi) is 9.49.